The van der Waals surface area contributed by atoms with Crippen molar-refractivity contribution < 1.29 is 4.74 Å². The van der Waals surface area contributed by atoms with E-state index in [0.717, 1.165) is 24.4 Å². The van der Waals surface area contributed by atoms with E-state index >= 15 is 0 Å². The first-order chi connectivity index (χ1) is 8.20. The molecule has 1 aliphatic carbocycles. The van der Waals surface area contributed by atoms with Crippen LogP contribution in [0.2, 0.25) is 0 Å². The van der Waals surface area contributed by atoms with Crippen molar-refractivity contribution in [1.82, 2.24) is 19.5 Å². The third kappa shape index (κ3) is 1.44. The number of hydrogen-bond acceptors (Lipinski definition) is 5. The quantitative estimate of drug-likeness (QED) is 0.847. The smallest absolute Gasteiger partial charge is 0.245 e. The molecule has 0 aliphatic heterocycles. The van der Waals surface area contributed by atoms with Crippen molar-refractivity contribution in [3.63, 3.8) is 0 Å². The van der Waals surface area contributed by atoms with E-state index in [0.29, 0.717) is 23.4 Å². The molecule has 1 saturated carbocycles. The van der Waals surface area contributed by atoms with Crippen LogP contribution in [0, 0.1) is 5.92 Å². The van der Waals surface area contributed by atoms with Gasteiger partial charge in [0.1, 0.15) is 6.33 Å². The van der Waals surface area contributed by atoms with Gasteiger partial charge >= 0.3 is 0 Å². The molecule has 3 rings (SSSR count). The van der Waals surface area contributed by atoms with Gasteiger partial charge < -0.3 is 10.5 Å². The molecule has 0 aromatic carbocycles. The molecule has 1 aliphatic rings. The molecule has 2 aromatic rings. The lowest BCUT2D eigenvalue weighted by Gasteiger charge is -2.34. The number of imidazole rings is 1. The summed E-state index contributed by atoms with van der Waals surface area (Å²) in [6.45, 7) is 2.24. The Morgan fingerprint density at radius 3 is 2.82 bits per heavy atom. The first-order valence-corrected chi connectivity index (χ1v) is 5.73. The SMILES string of the molecule is COc1ncnc2c1nc(N)n2C1CC(C)C1. The van der Waals surface area contributed by atoms with E-state index in [1.54, 1.807) is 7.11 Å². The lowest BCUT2D eigenvalue weighted by Crippen LogP contribution is -2.25. The predicted molar refractivity (Wildman–Crippen MR) is 63.7 cm³/mol. The summed E-state index contributed by atoms with van der Waals surface area (Å²) in [5.41, 5.74) is 7.38. The van der Waals surface area contributed by atoms with Crippen LogP contribution in [-0.2, 0) is 0 Å². The molecule has 0 radical (unpaired) electrons. The Bertz CT molecular complexity index is 558. The van der Waals surface area contributed by atoms with Gasteiger partial charge in [-0.05, 0) is 18.8 Å². The summed E-state index contributed by atoms with van der Waals surface area (Å²) in [4.78, 5) is 12.6. The number of ether oxygens (including phenoxy) is 1. The Kier molecular flexibility index (Phi) is 2.17. The van der Waals surface area contributed by atoms with Crippen molar-refractivity contribution in [2.75, 3.05) is 12.8 Å². The van der Waals surface area contributed by atoms with Gasteiger partial charge in [-0.25, -0.2) is 9.97 Å². The Hall–Kier alpha value is -1.85. The monoisotopic (exact) mass is 233 g/mol. The predicted octanol–water partition coefficient (Wildman–Crippen LogP) is 1.39. The van der Waals surface area contributed by atoms with Gasteiger partial charge in [0.15, 0.2) is 11.2 Å². The number of fused-ring (bicyclic) bond motifs is 1. The average Bonchev–Trinajstić information content (AvgIpc) is 2.60. The van der Waals surface area contributed by atoms with Gasteiger partial charge in [0.25, 0.3) is 0 Å². The average molecular weight is 233 g/mol. The Morgan fingerprint density at radius 1 is 1.41 bits per heavy atom. The minimum Gasteiger partial charge on any atom is -0.479 e. The Morgan fingerprint density at radius 2 is 2.18 bits per heavy atom. The summed E-state index contributed by atoms with van der Waals surface area (Å²) in [6.07, 6.45) is 3.74. The molecule has 0 atom stereocenters. The third-order valence-electron chi connectivity index (χ3n) is 3.38. The molecule has 0 unspecified atom stereocenters. The van der Waals surface area contributed by atoms with Crippen LogP contribution < -0.4 is 10.5 Å². The molecule has 1 fully saturated rings. The molecule has 0 spiro atoms. The molecule has 90 valence electrons. The molecular formula is C11H15N5O. The number of nitrogens with zero attached hydrogens (tertiary/aromatic N) is 4. The zero-order chi connectivity index (χ0) is 12.0. The van der Waals surface area contributed by atoms with Gasteiger partial charge in [0.2, 0.25) is 11.8 Å². The van der Waals surface area contributed by atoms with Crippen molar-refractivity contribution >= 4 is 17.1 Å². The second-order valence-electron chi connectivity index (χ2n) is 4.63. The fourth-order valence-electron chi connectivity index (χ4n) is 2.49. The van der Waals surface area contributed by atoms with Crippen molar-refractivity contribution in [2.24, 2.45) is 5.92 Å². The lowest BCUT2D eigenvalue weighted by molar-refractivity contribution is 0.222. The standard InChI is InChI=1S/C11H15N5O/c1-6-3-7(4-6)16-9-8(15-11(16)12)10(17-2)14-5-13-9/h5-7H,3-4H2,1-2H3,(H2,12,15). The normalized spacial score (nSPS) is 23.6. The van der Waals surface area contributed by atoms with E-state index in [1.807, 2.05) is 4.57 Å². The minimum absolute atomic E-state index is 0.412. The van der Waals surface area contributed by atoms with Gasteiger partial charge in [-0.2, -0.15) is 4.98 Å². The van der Waals surface area contributed by atoms with Crippen LogP contribution in [0.25, 0.3) is 11.2 Å². The molecule has 6 nitrogen and oxygen atoms in total. The number of nitrogens with two attached hydrogens (primary N) is 1. The second kappa shape index (κ2) is 3.58. The van der Waals surface area contributed by atoms with Crippen LogP contribution in [0.3, 0.4) is 0 Å². The van der Waals surface area contributed by atoms with Gasteiger partial charge in [0.05, 0.1) is 7.11 Å². The first-order valence-electron chi connectivity index (χ1n) is 5.73. The largest absolute Gasteiger partial charge is 0.479 e. The van der Waals surface area contributed by atoms with Crippen LogP contribution in [0.15, 0.2) is 6.33 Å². The maximum absolute atomic E-state index is 5.96. The van der Waals surface area contributed by atoms with E-state index in [4.69, 9.17) is 10.5 Å². The van der Waals surface area contributed by atoms with Crippen LogP contribution >= 0.6 is 0 Å². The van der Waals surface area contributed by atoms with E-state index in [1.165, 1.54) is 6.33 Å². The van der Waals surface area contributed by atoms with Gasteiger partial charge in [-0.15, -0.1) is 0 Å². The highest BCUT2D eigenvalue weighted by Gasteiger charge is 2.30. The van der Waals surface area contributed by atoms with Gasteiger partial charge in [-0.1, -0.05) is 6.92 Å². The second-order valence-corrected chi connectivity index (χ2v) is 4.63. The molecule has 17 heavy (non-hydrogen) atoms. The summed E-state index contributed by atoms with van der Waals surface area (Å²) in [7, 11) is 1.57. The molecule has 2 aromatic heterocycles. The van der Waals surface area contributed by atoms with Crippen LogP contribution in [-0.4, -0.2) is 26.6 Å². The Balaban J connectivity index is 2.15. The van der Waals surface area contributed by atoms with Crippen LogP contribution in [0.4, 0.5) is 5.95 Å². The first kappa shape index (κ1) is 10.3. The zero-order valence-corrected chi connectivity index (χ0v) is 9.92. The highest BCUT2D eigenvalue weighted by Crippen LogP contribution is 2.40. The highest BCUT2D eigenvalue weighted by molar-refractivity contribution is 5.79. The van der Waals surface area contributed by atoms with Crippen LogP contribution in [0.1, 0.15) is 25.8 Å². The summed E-state index contributed by atoms with van der Waals surface area (Å²) >= 11 is 0. The maximum Gasteiger partial charge on any atom is 0.245 e. The number of methoxy groups -OCH3 is 1. The van der Waals surface area contributed by atoms with Gasteiger partial charge in [-0.3, -0.25) is 4.57 Å². The number of hydrogen-bond donors (Lipinski definition) is 1. The van der Waals surface area contributed by atoms with E-state index in [-0.39, 0.29) is 0 Å². The summed E-state index contributed by atoms with van der Waals surface area (Å²) in [5.74, 6) is 1.73. The summed E-state index contributed by atoms with van der Waals surface area (Å²) in [6, 6.07) is 0.412. The Labute approximate surface area is 98.8 Å². The summed E-state index contributed by atoms with van der Waals surface area (Å²) < 4.78 is 7.17. The molecule has 6 heteroatoms. The minimum atomic E-state index is 0.412. The fraction of sp³-hybridized carbons (Fsp3) is 0.545. The molecule has 0 amide bonds. The van der Waals surface area contributed by atoms with E-state index in [2.05, 4.69) is 21.9 Å². The van der Waals surface area contributed by atoms with Crippen molar-refractivity contribution in [1.29, 1.82) is 0 Å². The van der Waals surface area contributed by atoms with Crippen LogP contribution in [0.5, 0.6) is 5.88 Å². The fourth-order valence-corrected chi connectivity index (χ4v) is 2.49. The van der Waals surface area contributed by atoms with Crippen molar-refractivity contribution in [3.05, 3.63) is 6.33 Å². The van der Waals surface area contributed by atoms with E-state index in [9.17, 15) is 0 Å². The summed E-state index contributed by atoms with van der Waals surface area (Å²) in [5, 5.41) is 0. The topological polar surface area (TPSA) is 78.8 Å². The zero-order valence-electron chi connectivity index (χ0n) is 9.92. The number of rotatable bonds is 2. The maximum atomic E-state index is 5.96. The third-order valence-corrected chi connectivity index (χ3v) is 3.38. The van der Waals surface area contributed by atoms with Crippen molar-refractivity contribution in [2.45, 2.75) is 25.8 Å². The number of aromatic nitrogens is 4. The van der Waals surface area contributed by atoms with Crippen molar-refractivity contribution in [3.8, 4) is 5.88 Å². The molecule has 0 bridgehead atoms. The van der Waals surface area contributed by atoms with E-state index < -0.39 is 0 Å². The molecule has 2 heterocycles. The number of anilines is 1. The lowest BCUT2D eigenvalue weighted by atomic mass is 9.82. The highest BCUT2D eigenvalue weighted by atomic mass is 16.5. The molecular weight excluding hydrogens is 218 g/mol. The molecule has 2 N–H and O–H groups in total. The molecule has 0 saturated heterocycles. The van der Waals surface area contributed by atoms with Gasteiger partial charge in [0, 0.05) is 6.04 Å². The number of nitrogen functional groups attached to an aromatic ring is 1.